The first-order chi connectivity index (χ1) is 7.44. The number of carbonyl (C=O) groups is 1. The summed E-state index contributed by atoms with van der Waals surface area (Å²) in [4.78, 5) is 12.5. The minimum atomic E-state index is -0.189. The van der Waals surface area contributed by atoms with E-state index in [4.69, 9.17) is 0 Å². The molecule has 1 heteroatoms. The molecule has 0 aliphatic heterocycles. The lowest BCUT2D eigenvalue weighted by molar-refractivity contribution is -0.135. The van der Waals surface area contributed by atoms with E-state index in [1.54, 1.807) is 0 Å². The molecule has 2 atom stereocenters. The van der Waals surface area contributed by atoms with Gasteiger partial charge in [0.1, 0.15) is 5.78 Å². The molecule has 2 unspecified atom stereocenters. The average Bonchev–Trinajstić information content (AvgIpc) is 2.42. The Morgan fingerprint density at radius 1 is 1.18 bits per heavy atom. The summed E-state index contributed by atoms with van der Waals surface area (Å²) in [5.74, 6) is 1.20. The zero-order valence-corrected chi connectivity index (χ0v) is 12.8. The van der Waals surface area contributed by atoms with E-state index < -0.39 is 0 Å². The molecule has 100 valence electrons. The van der Waals surface area contributed by atoms with Crippen LogP contribution in [0.25, 0.3) is 0 Å². The third kappa shape index (κ3) is 3.82. The Morgan fingerprint density at radius 2 is 1.71 bits per heavy atom. The van der Waals surface area contributed by atoms with Crippen LogP contribution < -0.4 is 0 Å². The number of hydrogen-bond donors (Lipinski definition) is 0. The Hall–Kier alpha value is -0.330. The Labute approximate surface area is 107 Å². The Balaban J connectivity index is 2.69. The highest BCUT2D eigenvalue weighted by atomic mass is 16.1. The van der Waals surface area contributed by atoms with E-state index in [1.165, 1.54) is 12.8 Å². The molecule has 0 radical (unpaired) electrons. The Bertz CT molecular complexity index is 290. The maximum Gasteiger partial charge on any atom is 0.144 e. The smallest absolute Gasteiger partial charge is 0.144 e. The second-order valence-corrected chi connectivity index (χ2v) is 8.51. The average molecular weight is 238 g/mol. The van der Waals surface area contributed by atoms with Gasteiger partial charge < -0.3 is 0 Å². The molecule has 1 rings (SSSR count). The molecule has 1 fully saturated rings. The van der Waals surface area contributed by atoms with Gasteiger partial charge in [0.05, 0.1) is 0 Å². The van der Waals surface area contributed by atoms with Crippen LogP contribution >= 0.6 is 0 Å². The van der Waals surface area contributed by atoms with Crippen LogP contribution in [0.2, 0.25) is 0 Å². The molecule has 0 N–H and O–H groups in total. The monoisotopic (exact) mass is 238 g/mol. The van der Waals surface area contributed by atoms with E-state index in [9.17, 15) is 4.79 Å². The molecule has 0 amide bonds. The van der Waals surface area contributed by atoms with Gasteiger partial charge in [-0.1, -0.05) is 48.5 Å². The largest absolute Gasteiger partial charge is 0.299 e. The van der Waals surface area contributed by atoms with Gasteiger partial charge in [-0.2, -0.15) is 0 Å². The molecule has 1 aliphatic rings. The maximum atomic E-state index is 12.5. The van der Waals surface area contributed by atoms with Crippen LogP contribution in [0.1, 0.15) is 74.1 Å². The van der Waals surface area contributed by atoms with Crippen LogP contribution in [0.15, 0.2) is 0 Å². The van der Waals surface area contributed by atoms with E-state index in [1.807, 2.05) is 0 Å². The summed E-state index contributed by atoms with van der Waals surface area (Å²) in [7, 11) is 0. The van der Waals surface area contributed by atoms with Crippen LogP contribution in [-0.2, 0) is 4.79 Å². The summed E-state index contributed by atoms with van der Waals surface area (Å²) >= 11 is 0. The summed E-state index contributed by atoms with van der Waals surface area (Å²) < 4.78 is 0. The minimum Gasteiger partial charge on any atom is -0.299 e. The molecule has 0 saturated heterocycles. The quantitative estimate of drug-likeness (QED) is 0.672. The van der Waals surface area contributed by atoms with Crippen molar-refractivity contribution in [3.05, 3.63) is 0 Å². The highest BCUT2D eigenvalue weighted by Gasteiger charge is 2.45. The molecular formula is C16H30O. The summed E-state index contributed by atoms with van der Waals surface area (Å²) in [5.41, 5.74) is 0.139. The van der Waals surface area contributed by atoms with Gasteiger partial charge in [0, 0.05) is 10.8 Å². The van der Waals surface area contributed by atoms with E-state index in [2.05, 4.69) is 48.5 Å². The Kier molecular flexibility index (Phi) is 3.82. The first-order valence-electron chi connectivity index (χ1n) is 6.99. The number of ketones is 1. The zero-order valence-electron chi connectivity index (χ0n) is 12.8. The lowest BCUT2D eigenvalue weighted by Gasteiger charge is -2.31. The fourth-order valence-electron chi connectivity index (χ4n) is 3.52. The van der Waals surface area contributed by atoms with Crippen LogP contribution in [0.5, 0.6) is 0 Å². The summed E-state index contributed by atoms with van der Waals surface area (Å²) in [5, 5.41) is 0. The molecule has 1 nitrogen and oxygen atoms in total. The molecule has 0 bridgehead atoms. The first-order valence-corrected chi connectivity index (χ1v) is 6.99. The SMILES string of the molecule is CC(C)(C)CC1CCC(C)(C(=O)C(C)(C)C)C1. The molecule has 0 aromatic heterocycles. The second kappa shape index (κ2) is 4.40. The van der Waals surface area contributed by atoms with Crippen molar-refractivity contribution in [1.82, 2.24) is 0 Å². The molecule has 0 heterocycles. The van der Waals surface area contributed by atoms with E-state index >= 15 is 0 Å². The molecular weight excluding hydrogens is 208 g/mol. The van der Waals surface area contributed by atoms with Gasteiger partial charge in [-0.05, 0) is 37.0 Å². The van der Waals surface area contributed by atoms with Crippen molar-refractivity contribution in [2.75, 3.05) is 0 Å². The Morgan fingerprint density at radius 3 is 2.12 bits per heavy atom. The fourth-order valence-corrected chi connectivity index (χ4v) is 3.52. The summed E-state index contributed by atoms with van der Waals surface area (Å²) in [6.07, 6.45) is 4.67. The lowest BCUT2D eigenvalue weighted by Crippen LogP contribution is -2.35. The van der Waals surface area contributed by atoms with Gasteiger partial charge in [0.25, 0.3) is 0 Å². The van der Waals surface area contributed by atoms with E-state index in [0.29, 0.717) is 11.2 Å². The highest BCUT2D eigenvalue weighted by molar-refractivity contribution is 5.89. The van der Waals surface area contributed by atoms with E-state index in [0.717, 1.165) is 18.8 Å². The van der Waals surface area contributed by atoms with Gasteiger partial charge in [0.2, 0.25) is 0 Å². The predicted molar refractivity (Wildman–Crippen MR) is 74.0 cm³/mol. The zero-order chi connectivity index (χ0) is 13.5. The number of rotatable bonds is 2. The first kappa shape index (κ1) is 14.7. The van der Waals surface area contributed by atoms with Crippen molar-refractivity contribution in [2.24, 2.45) is 22.2 Å². The number of hydrogen-bond acceptors (Lipinski definition) is 1. The standard InChI is InChI=1S/C16H30O/c1-14(2,3)10-12-8-9-16(7,11-12)13(17)15(4,5)6/h12H,8-11H2,1-7H3. The molecule has 1 saturated carbocycles. The highest BCUT2D eigenvalue weighted by Crippen LogP contribution is 2.48. The fraction of sp³-hybridized carbons (Fsp3) is 0.938. The van der Waals surface area contributed by atoms with Crippen molar-refractivity contribution in [1.29, 1.82) is 0 Å². The third-order valence-corrected chi connectivity index (χ3v) is 3.97. The van der Waals surface area contributed by atoms with Gasteiger partial charge in [0.15, 0.2) is 0 Å². The molecule has 0 aromatic carbocycles. The van der Waals surface area contributed by atoms with E-state index in [-0.39, 0.29) is 10.8 Å². The van der Waals surface area contributed by atoms with Crippen molar-refractivity contribution >= 4 is 5.78 Å². The van der Waals surface area contributed by atoms with Gasteiger partial charge in [-0.3, -0.25) is 4.79 Å². The predicted octanol–water partition coefficient (Wildman–Crippen LogP) is 4.84. The third-order valence-electron chi connectivity index (χ3n) is 3.97. The summed E-state index contributed by atoms with van der Waals surface area (Å²) in [6.45, 7) is 15.2. The lowest BCUT2D eigenvalue weighted by atomic mass is 9.71. The van der Waals surface area contributed by atoms with Crippen molar-refractivity contribution in [3.63, 3.8) is 0 Å². The second-order valence-electron chi connectivity index (χ2n) is 8.51. The number of Topliss-reactive ketones (excluding diaryl/α,β-unsaturated/α-hetero) is 1. The van der Waals surface area contributed by atoms with Crippen LogP contribution in [0, 0.1) is 22.2 Å². The molecule has 17 heavy (non-hydrogen) atoms. The molecule has 1 aliphatic carbocycles. The number of carbonyl (C=O) groups excluding carboxylic acids is 1. The topological polar surface area (TPSA) is 17.1 Å². The maximum absolute atomic E-state index is 12.5. The van der Waals surface area contributed by atoms with Crippen molar-refractivity contribution in [2.45, 2.75) is 74.1 Å². The normalized spacial score (nSPS) is 30.6. The van der Waals surface area contributed by atoms with Crippen LogP contribution in [0.4, 0.5) is 0 Å². The van der Waals surface area contributed by atoms with Gasteiger partial charge >= 0.3 is 0 Å². The van der Waals surface area contributed by atoms with Gasteiger partial charge in [-0.15, -0.1) is 0 Å². The van der Waals surface area contributed by atoms with Gasteiger partial charge in [-0.25, -0.2) is 0 Å². The van der Waals surface area contributed by atoms with Crippen LogP contribution in [0.3, 0.4) is 0 Å². The summed E-state index contributed by atoms with van der Waals surface area (Å²) in [6, 6.07) is 0. The molecule has 0 spiro atoms. The van der Waals surface area contributed by atoms with Crippen molar-refractivity contribution < 1.29 is 4.79 Å². The minimum absolute atomic E-state index is 0.0613. The van der Waals surface area contributed by atoms with Crippen molar-refractivity contribution in [3.8, 4) is 0 Å². The molecule has 0 aromatic rings. The van der Waals surface area contributed by atoms with Crippen LogP contribution in [-0.4, -0.2) is 5.78 Å².